The molecule has 0 unspecified atom stereocenters. The Balaban J connectivity index is 1.91. The zero-order valence-electron chi connectivity index (χ0n) is 11.0. The van der Waals surface area contributed by atoms with Gasteiger partial charge >= 0.3 is 0 Å². The molecule has 1 fully saturated rings. The highest BCUT2D eigenvalue weighted by atomic mass is 35.5. The second-order valence-corrected chi connectivity index (χ2v) is 6.10. The van der Waals surface area contributed by atoms with Gasteiger partial charge in [0.1, 0.15) is 0 Å². The molecule has 1 saturated carbocycles. The average molecular weight is 268 g/mol. The van der Waals surface area contributed by atoms with Crippen LogP contribution in [0.25, 0.3) is 0 Å². The summed E-state index contributed by atoms with van der Waals surface area (Å²) in [5, 5.41) is 10.4. The smallest absolute Gasteiger partial charge is 0.0499 e. The van der Waals surface area contributed by atoms with Gasteiger partial charge in [0.25, 0.3) is 0 Å². The Bertz CT molecular complexity index is 371. The largest absolute Gasteiger partial charge is 0.396 e. The van der Waals surface area contributed by atoms with Gasteiger partial charge in [-0.15, -0.1) is 0 Å². The van der Waals surface area contributed by atoms with Crippen LogP contribution in [0.2, 0.25) is 5.02 Å². The van der Waals surface area contributed by atoms with Crippen molar-refractivity contribution in [3.05, 3.63) is 34.9 Å². The van der Waals surface area contributed by atoms with Crippen LogP contribution in [0.5, 0.6) is 0 Å². The maximum atomic E-state index is 9.62. The van der Waals surface area contributed by atoms with E-state index in [-0.39, 0.29) is 5.41 Å². The molecule has 0 aromatic heterocycles. The molecule has 0 bridgehead atoms. The molecule has 1 aliphatic carbocycles. The van der Waals surface area contributed by atoms with E-state index in [2.05, 4.69) is 24.1 Å². The Morgan fingerprint density at radius 2 is 1.83 bits per heavy atom. The first-order valence-electron chi connectivity index (χ1n) is 6.67. The van der Waals surface area contributed by atoms with E-state index in [1.165, 1.54) is 18.4 Å². The molecule has 0 heterocycles. The number of benzene rings is 1. The molecule has 0 atom stereocenters. The molecule has 0 spiro atoms. The van der Waals surface area contributed by atoms with Gasteiger partial charge in [-0.25, -0.2) is 0 Å². The van der Waals surface area contributed by atoms with Gasteiger partial charge in [-0.1, -0.05) is 36.6 Å². The normalized spacial score (nSPS) is 18.4. The lowest BCUT2D eigenvalue weighted by atomic mass is 9.86. The molecule has 1 aromatic carbocycles. The molecule has 0 amide bonds. The van der Waals surface area contributed by atoms with Crippen LogP contribution in [-0.2, 0) is 6.54 Å². The van der Waals surface area contributed by atoms with Crippen molar-refractivity contribution in [2.75, 3.05) is 20.2 Å². The highest BCUT2D eigenvalue weighted by molar-refractivity contribution is 6.30. The maximum absolute atomic E-state index is 9.62. The fraction of sp³-hybridized carbons (Fsp3) is 0.600. The van der Waals surface area contributed by atoms with Crippen molar-refractivity contribution in [2.24, 2.45) is 5.41 Å². The van der Waals surface area contributed by atoms with E-state index in [1.807, 2.05) is 12.1 Å². The fourth-order valence-corrected chi connectivity index (χ4v) is 3.15. The van der Waals surface area contributed by atoms with Crippen molar-refractivity contribution < 1.29 is 5.11 Å². The quantitative estimate of drug-likeness (QED) is 0.885. The molecule has 1 aromatic rings. The van der Waals surface area contributed by atoms with Crippen LogP contribution in [0.4, 0.5) is 0 Å². The number of halogens is 1. The monoisotopic (exact) mass is 267 g/mol. The first kappa shape index (κ1) is 13.9. The predicted molar refractivity (Wildman–Crippen MR) is 75.8 cm³/mol. The van der Waals surface area contributed by atoms with Crippen molar-refractivity contribution >= 4 is 11.6 Å². The standard InChI is InChI=1S/C15H22ClNO/c1-17(10-13-4-6-14(16)7-5-13)11-15(12-18)8-2-3-9-15/h4-7,18H,2-3,8-12H2,1H3. The summed E-state index contributed by atoms with van der Waals surface area (Å²) in [7, 11) is 2.13. The Morgan fingerprint density at radius 3 is 2.39 bits per heavy atom. The number of aliphatic hydroxyl groups excluding tert-OH is 1. The van der Waals surface area contributed by atoms with Gasteiger partial charge in [0.2, 0.25) is 0 Å². The highest BCUT2D eigenvalue weighted by Gasteiger charge is 2.34. The predicted octanol–water partition coefficient (Wildman–Crippen LogP) is 3.32. The average Bonchev–Trinajstić information content (AvgIpc) is 2.81. The van der Waals surface area contributed by atoms with E-state index in [4.69, 9.17) is 11.6 Å². The maximum Gasteiger partial charge on any atom is 0.0499 e. The van der Waals surface area contributed by atoms with Crippen LogP contribution >= 0.6 is 11.6 Å². The topological polar surface area (TPSA) is 23.5 Å². The van der Waals surface area contributed by atoms with Crippen LogP contribution in [0.1, 0.15) is 31.2 Å². The van der Waals surface area contributed by atoms with E-state index in [9.17, 15) is 5.11 Å². The van der Waals surface area contributed by atoms with Gasteiger partial charge in [-0.3, -0.25) is 0 Å². The van der Waals surface area contributed by atoms with Crippen molar-refractivity contribution in [3.8, 4) is 0 Å². The zero-order chi connectivity index (χ0) is 13.0. The lowest BCUT2D eigenvalue weighted by Gasteiger charge is -2.31. The summed E-state index contributed by atoms with van der Waals surface area (Å²) in [6, 6.07) is 8.00. The van der Waals surface area contributed by atoms with Crippen LogP contribution in [0.3, 0.4) is 0 Å². The second kappa shape index (κ2) is 6.05. The number of hydrogen-bond acceptors (Lipinski definition) is 2. The molecule has 0 aliphatic heterocycles. The Hall–Kier alpha value is -0.570. The molecule has 0 radical (unpaired) electrons. The van der Waals surface area contributed by atoms with Crippen molar-refractivity contribution in [3.63, 3.8) is 0 Å². The Kier molecular flexibility index (Phi) is 4.66. The summed E-state index contributed by atoms with van der Waals surface area (Å²) < 4.78 is 0. The molecule has 2 nitrogen and oxygen atoms in total. The van der Waals surface area contributed by atoms with E-state index >= 15 is 0 Å². The number of hydrogen-bond donors (Lipinski definition) is 1. The van der Waals surface area contributed by atoms with E-state index in [0.717, 1.165) is 31.0 Å². The van der Waals surface area contributed by atoms with Gasteiger partial charge in [-0.05, 0) is 37.6 Å². The highest BCUT2D eigenvalue weighted by Crippen LogP contribution is 2.38. The minimum Gasteiger partial charge on any atom is -0.396 e. The third-order valence-electron chi connectivity index (χ3n) is 3.97. The number of rotatable bonds is 5. The minimum atomic E-state index is 0.140. The summed E-state index contributed by atoms with van der Waals surface area (Å²) in [4.78, 5) is 2.31. The van der Waals surface area contributed by atoms with E-state index in [0.29, 0.717) is 6.61 Å². The SMILES string of the molecule is CN(Cc1ccc(Cl)cc1)CC1(CO)CCCC1. The van der Waals surface area contributed by atoms with Crippen LogP contribution in [0.15, 0.2) is 24.3 Å². The summed E-state index contributed by atoms with van der Waals surface area (Å²) in [5.74, 6) is 0. The fourth-order valence-electron chi connectivity index (χ4n) is 3.02. The lowest BCUT2D eigenvalue weighted by Crippen LogP contribution is -2.36. The second-order valence-electron chi connectivity index (χ2n) is 5.66. The first-order valence-corrected chi connectivity index (χ1v) is 7.05. The minimum absolute atomic E-state index is 0.140. The van der Waals surface area contributed by atoms with Crippen molar-refractivity contribution in [1.82, 2.24) is 4.90 Å². The molecule has 18 heavy (non-hydrogen) atoms. The lowest BCUT2D eigenvalue weighted by molar-refractivity contribution is 0.0864. The van der Waals surface area contributed by atoms with Crippen LogP contribution in [0, 0.1) is 5.41 Å². The summed E-state index contributed by atoms with van der Waals surface area (Å²) in [6.45, 7) is 2.21. The van der Waals surface area contributed by atoms with Gasteiger partial charge in [0.15, 0.2) is 0 Å². The molecule has 2 rings (SSSR count). The van der Waals surface area contributed by atoms with Crippen molar-refractivity contribution in [1.29, 1.82) is 0 Å². The molecular formula is C15H22ClNO. The third-order valence-corrected chi connectivity index (χ3v) is 4.22. The van der Waals surface area contributed by atoms with E-state index in [1.54, 1.807) is 0 Å². The summed E-state index contributed by atoms with van der Waals surface area (Å²) >= 11 is 5.88. The van der Waals surface area contributed by atoms with Gasteiger partial charge in [-0.2, -0.15) is 0 Å². The van der Waals surface area contributed by atoms with Crippen LogP contribution in [-0.4, -0.2) is 30.2 Å². The molecule has 1 N–H and O–H groups in total. The van der Waals surface area contributed by atoms with Gasteiger partial charge in [0.05, 0.1) is 0 Å². The van der Waals surface area contributed by atoms with E-state index < -0.39 is 0 Å². The summed E-state index contributed by atoms with van der Waals surface area (Å²) in [5.41, 5.74) is 1.41. The molecule has 1 aliphatic rings. The number of nitrogens with zero attached hydrogens (tertiary/aromatic N) is 1. The summed E-state index contributed by atoms with van der Waals surface area (Å²) in [6.07, 6.45) is 4.84. The number of aliphatic hydroxyl groups is 1. The Morgan fingerprint density at radius 1 is 1.22 bits per heavy atom. The van der Waals surface area contributed by atoms with Gasteiger partial charge < -0.3 is 10.0 Å². The molecule has 0 saturated heterocycles. The van der Waals surface area contributed by atoms with Gasteiger partial charge in [0, 0.05) is 30.1 Å². The van der Waals surface area contributed by atoms with Crippen LogP contribution < -0.4 is 0 Å². The molecular weight excluding hydrogens is 246 g/mol. The zero-order valence-corrected chi connectivity index (χ0v) is 11.8. The Labute approximate surface area is 115 Å². The van der Waals surface area contributed by atoms with Crippen molar-refractivity contribution in [2.45, 2.75) is 32.2 Å². The first-order chi connectivity index (χ1) is 8.63. The third kappa shape index (κ3) is 3.47. The molecule has 100 valence electrons. The molecule has 3 heteroatoms.